The van der Waals surface area contributed by atoms with Crippen LogP contribution < -0.4 is 0 Å². The van der Waals surface area contributed by atoms with E-state index in [2.05, 4.69) is 6.07 Å². The second-order valence-electron chi connectivity index (χ2n) is 7.77. The van der Waals surface area contributed by atoms with Crippen molar-refractivity contribution >= 4 is 17.9 Å². The number of esters is 3. The lowest BCUT2D eigenvalue weighted by Crippen LogP contribution is -2.44. The molecule has 0 aliphatic carbocycles. The van der Waals surface area contributed by atoms with Gasteiger partial charge in [0.2, 0.25) is 0 Å². The Morgan fingerprint density at radius 1 is 0.906 bits per heavy atom. The van der Waals surface area contributed by atoms with Crippen LogP contribution >= 0.6 is 0 Å². The molecule has 0 aliphatic rings. The standard InChI is InChI=1S/C25H39NO6/c1-8-20(9-2)25(22(28)31-11-4,23(29)32-12-5)16-13-15-24(18-26,17-14-19(6)7)21(27)30-10-3/h8,14,17,19H,9-13,15-16H2,1-7H3/b17-14+,20-8+. The fourth-order valence-electron chi connectivity index (χ4n) is 3.61. The summed E-state index contributed by atoms with van der Waals surface area (Å²) in [5.41, 5.74) is -2.53. The highest BCUT2D eigenvalue weighted by Crippen LogP contribution is 2.40. The van der Waals surface area contributed by atoms with Gasteiger partial charge in [-0.05, 0) is 64.9 Å². The van der Waals surface area contributed by atoms with E-state index < -0.39 is 28.7 Å². The second kappa shape index (κ2) is 14.4. The van der Waals surface area contributed by atoms with Crippen molar-refractivity contribution in [1.29, 1.82) is 5.26 Å². The van der Waals surface area contributed by atoms with Crippen LogP contribution in [0.1, 0.15) is 74.1 Å². The van der Waals surface area contributed by atoms with E-state index in [0.29, 0.717) is 12.0 Å². The van der Waals surface area contributed by atoms with E-state index in [1.54, 1.807) is 45.9 Å². The van der Waals surface area contributed by atoms with E-state index in [9.17, 15) is 19.6 Å². The normalized spacial score (nSPS) is 14.0. The number of allylic oxidation sites excluding steroid dienone is 2. The zero-order valence-electron chi connectivity index (χ0n) is 20.7. The Labute approximate surface area is 192 Å². The molecule has 0 radical (unpaired) electrons. The highest BCUT2D eigenvalue weighted by Gasteiger charge is 2.51. The molecule has 0 aliphatic heterocycles. The van der Waals surface area contributed by atoms with Gasteiger partial charge in [-0.2, -0.15) is 5.26 Å². The molecular formula is C25H39NO6. The van der Waals surface area contributed by atoms with Crippen LogP contribution in [-0.2, 0) is 28.6 Å². The van der Waals surface area contributed by atoms with Gasteiger partial charge in [-0.1, -0.05) is 39.0 Å². The Balaban J connectivity index is 6.24. The summed E-state index contributed by atoms with van der Waals surface area (Å²) >= 11 is 0. The lowest BCUT2D eigenvalue weighted by atomic mass is 9.72. The first-order valence-corrected chi connectivity index (χ1v) is 11.4. The summed E-state index contributed by atoms with van der Waals surface area (Å²) in [7, 11) is 0. The Kier molecular flexibility index (Phi) is 13.3. The average Bonchev–Trinajstić information content (AvgIpc) is 2.75. The minimum Gasteiger partial charge on any atom is -0.465 e. The van der Waals surface area contributed by atoms with Crippen molar-refractivity contribution in [1.82, 2.24) is 0 Å². The van der Waals surface area contributed by atoms with Crippen LogP contribution in [-0.4, -0.2) is 37.7 Å². The van der Waals surface area contributed by atoms with Crippen LogP contribution in [0.5, 0.6) is 0 Å². The number of nitrogens with zero attached hydrogens (tertiary/aromatic N) is 1. The maximum Gasteiger partial charge on any atom is 0.330 e. The van der Waals surface area contributed by atoms with Crippen LogP contribution in [0.2, 0.25) is 0 Å². The molecule has 180 valence electrons. The molecule has 1 unspecified atom stereocenters. The molecule has 0 fully saturated rings. The predicted octanol–water partition coefficient (Wildman–Crippen LogP) is 4.91. The molecule has 0 bridgehead atoms. The third kappa shape index (κ3) is 7.22. The Hall–Kier alpha value is -2.62. The van der Waals surface area contributed by atoms with Gasteiger partial charge in [0.05, 0.1) is 25.9 Å². The molecule has 7 nitrogen and oxygen atoms in total. The average molecular weight is 450 g/mol. The van der Waals surface area contributed by atoms with Crippen molar-refractivity contribution in [3.8, 4) is 6.07 Å². The summed E-state index contributed by atoms with van der Waals surface area (Å²) in [6.07, 6.45) is 5.90. The Bertz CT molecular complexity index is 713. The van der Waals surface area contributed by atoms with Gasteiger partial charge in [0.25, 0.3) is 0 Å². The van der Waals surface area contributed by atoms with Crippen molar-refractivity contribution < 1.29 is 28.6 Å². The third-order valence-electron chi connectivity index (χ3n) is 5.25. The molecule has 32 heavy (non-hydrogen) atoms. The van der Waals surface area contributed by atoms with Crippen molar-refractivity contribution in [3.63, 3.8) is 0 Å². The quantitative estimate of drug-likeness (QED) is 0.161. The van der Waals surface area contributed by atoms with E-state index >= 15 is 0 Å². The number of hydrogen-bond donors (Lipinski definition) is 0. The third-order valence-corrected chi connectivity index (χ3v) is 5.25. The maximum absolute atomic E-state index is 13.1. The monoisotopic (exact) mass is 449 g/mol. The molecule has 0 spiro atoms. The van der Waals surface area contributed by atoms with Crippen LogP contribution in [0.3, 0.4) is 0 Å². The number of carbonyl (C=O) groups excluding carboxylic acids is 3. The van der Waals surface area contributed by atoms with Gasteiger partial charge in [-0.3, -0.25) is 9.59 Å². The molecule has 7 heteroatoms. The molecular weight excluding hydrogens is 410 g/mol. The smallest absolute Gasteiger partial charge is 0.330 e. The fraction of sp³-hybridized carbons (Fsp3) is 0.680. The van der Waals surface area contributed by atoms with Crippen LogP contribution in [0, 0.1) is 28.1 Å². The number of ether oxygens (including phenoxy) is 3. The van der Waals surface area contributed by atoms with Gasteiger partial charge in [0.15, 0.2) is 10.8 Å². The first-order valence-electron chi connectivity index (χ1n) is 11.4. The lowest BCUT2D eigenvalue weighted by Gasteiger charge is -2.32. The molecule has 0 aromatic carbocycles. The van der Waals surface area contributed by atoms with Gasteiger partial charge in [0.1, 0.15) is 0 Å². The molecule has 1 atom stereocenters. The van der Waals surface area contributed by atoms with Gasteiger partial charge >= 0.3 is 17.9 Å². The van der Waals surface area contributed by atoms with Crippen molar-refractivity contribution in [2.24, 2.45) is 16.7 Å². The number of rotatable bonds is 14. The molecule has 0 saturated carbocycles. The van der Waals surface area contributed by atoms with E-state index in [1.807, 2.05) is 20.8 Å². The van der Waals surface area contributed by atoms with E-state index in [4.69, 9.17) is 14.2 Å². The summed E-state index contributed by atoms with van der Waals surface area (Å²) in [4.78, 5) is 38.9. The van der Waals surface area contributed by atoms with E-state index in [-0.39, 0.29) is 45.0 Å². The number of carbonyl (C=O) groups is 3. The SMILES string of the molecule is C/C=C(\CC)C(CCCC(C#N)(/C=C/C(C)C)C(=O)OCC)(C(=O)OCC)C(=O)OCC. The van der Waals surface area contributed by atoms with Gasteiger partial charge in [0, 0.05) is 0 Å². The predicted molar refractivity (Wildman–Crippen MR) is 122 cm³/mol. The fourth-order valence-corrected chi connectivity index (χ4v) is 3.61. The van der Waals surface area contributed by atoms with Crippen molar-refractivity contribution in [2.45, 2.75) is 74.1 Å². The van der Waals surface area contributed by atoms with Gasteiger partial charge in [-0.25, -0.2) is 4.79 Å². The van der Waals surface area contributed by atoms with Crippen molar-refractivity contribution in [2.75, 3.05) is 19.8 Å². The highest BCUT2D eigenvalue weighted by atomic mass is 16.6. The highest BCUT2D eigenvalue weighted by molar-refractivity contribution is 6.03. The first kappa shape index (κ1) is 29.4. The number of hydrogen-bond acceptors (Lipinski definition) is 7. The van der Waals surface area contributed by atoms with Crippen LogP contribution in [0.4, 0.5) is 0 Å². The molecule has 0 N–H and O–H groups in total. The zero-order valence-corrected chi connectivity index (χ0v) is 20.7. The molecule has 0 saturated heterocycles. The van der Waals surface area contributed by atoms with Crippen LogP contribution in [0.25, 0.3) is 0 Å². The minimum atomic E-state index is -1.62. The molecule has 0 heterocycles. The molecule has 0 aromatic heterocycles. The molecule has 0 amide bonds. The topological polar surface area (TPSA) is 103 Å². The Morgan fingerprint density at radius 3 is 1.78 bits per heavy atom. The van der Waals surface area contributed by atoms with Crippen molar-refractivity contribution in [3.05, 3.63) is 23.8 Å². The zero-order chi connectivity index (χ0) is 24.8. The van der Waals surface area contributed by atoms with Gasteiger partial charge < -0.3 is 14.2 Å². The summed E-state index contributed by atoms with van der Waals surface area (Å²) in [6.45, 7) is 12.9. The summed E-state index contributed by atoms with van der Waals surface area (Å²) in [5.74, 6) is -1.86. The molecule has 0 aromatic rings. The summed E-state index contributed by atoms with van der Waals surface area (Å²) in [6, 6.07) is 2.10. The largest absolute Gasteiger partial charge is 0.465 e. The van der Waals surface area contributed by atoms with E-state index in [1.165, 1.54) is 0 Å². The Morgan fingerprint density at radius 2 is 1.41 bits per heavy atom. The van der Waals surface area contributed by atoms with Crippen LogP contribution in [0.15, 0.2) is 23.8 Å². The number of nitriles is 1. The molecule has 0 rings (SSSR count). The lowest BCUT2D eigenvalue weighted by molar-refractivity contribution is -0.169. The second-order valence-corrected chi connectivity index (χ2v) is 7.77. The summed E-state index contributed by atoms with van der Waals surface area (Å²) < 4.78 is 15.7. The van der Waals surface area contributed by atoms with Gasteiger partial charge in [-0.15, -0.1) is 0 Å². The summed E-state index contributed by atoms with van der Waals surface area (Å²) in [5, 5.41) is 9.91. The first-order chi connectivity index (χ1) is 15.1. The maximum atomic E-state index is 13.1. The van der Waals surface area contributed by atoms with E-state index in [0.717, 1.165) is 0 Å². The minimum absolute atomic E-state index is 0.0521.